The smallest absolute Gasteiger partial charge is 0.315 e. The molecule has 10 heteroatoms. The van der Waals surface area contributed by atoms with Crippen molar-refractivity contribution in [2.45, 2.75) is 26.5 Å². The van der Waals surface area contributed by atoms with E-state index in [1.165, 1.54) is 12.4 Å². The summed E-state index contributed by atoms with van der Waals surface area (Å²) in [6, 6.07) is 7.54. The minimum Gasteiger partial charge on any atom is -0.487 e. The van der Waals surface area contributed by atoms with Crippen molar-refractivity contribution in [2.75, 3.05) is 0 Å². The first kappa shape index (κ1) is 21.6. The molecule has 32 heavy (non-hydrogen) atoms. The summed E-state index contributed by atoms with van der Waals surface area (Å²) < 4.78 is 33.0. The normalized spacial score (nSPS) is 11.2. The molecule has 0 aliphatic heterocycles. The van der Waals surface area contributed by atoms with E-state index < -0.39 is 12.3 Å². The Kier molecular flexibility index (Phi) is 6.27. The van der Waals surface area contributed by atoms with Gasteiger partial charge in [0.15, 0.2) is 0 Å². The number of rotatable bonds is 7. The number of hydrogen-bond acceptors (Lipinski definition) is 5. The molecule has 0 aliphatic rings. The van der Waals surface area contributed by atoms with Gasteiger partial charge in [0.25, 0.3) is 5.91 Å². The van der Waals surface area contributed by atoms with E-state index in [9.17, 15) is 13.6 Å². The number of nitrogens with zero attached hydrogens (tertiary/aromatic N) is 4. The molecule has 0 bridgehead atoms. The molecule has 1 N–H and O–H groups in total. The fourth-order valence-electron chi connectivity index (χ4n) is 3.29. The van der Waals surface area contributed by atoms with Crippen molar-refractivity contribution in [1.82, 2.24) is 24.8 Å². The van der Waals surface area contributed by atoms with Gasteiger partial charge in [-0.05, 0) is 24.6 Å². The van der Waals surface area contributed by atoms with Crippen LogP contribution in [0.4, 0.5) is 8.78 Å². The molecule has 0 spiro atoms. The van der Waals surface area contributed by atoms with Crippen LogP contribution in [0.15, 0.2) is 55.4 Å². The van der Waals surface area contributed by atoms with Crippen molar-refractivity contribution in [3.05, 3.63) is 77.2 Å². The average molecular weight is 458 g/mol. The Morgan fingerprint density at radius 3 is 2.88 bits per heavy atom. The molecular weight excluding hydrogens is 440 g/mol. The van der Waals surface area contributed by atoms with Crippen molar-refractivity contribution in [3.8, 4) is 11.4 Å². The number of halogens is 3. The molecule has 4 rings (SSSR count). The van der Waals surface area contributed by atoms with Crippen molar-refractivity contribution in [2.24, 2.45) is 0 Å². The number of ether oxygens (including phenoxy) is 1. The Morgan fingerprint density at radius 1 is 1.28 bits per heavy atom. The van der Waals surface area contributed by atoms with Crippen LogP contribution in [-0.2, 0) is 17.9 Å². The highest BCUT2D eigenvalue weighted by Crippen LogP contribution is 2.30. The highest BCUT2D eigenvalue weighted by Gasteiger charge is 2.17. The lowest BCUT2D eigenvalue weighted by Gasteiger charge is -2.15. The summed E-state index contributed by atoms with van der Waals surface area (Å²) in [6.07, 6.45) is 5.04. The third-order valence-corrected chi connectivity index (χ3v) is 5.13. The first-order valence-electron chi connectivity index (χ1n) is 9.62. The molecule has 0 saturated carbocycles. The number of benzene rings is 1. The van der Waals surface area contributed by atoms with E-state index in [0.717, 1.165) is 16.8 Å². The van der Waals surface area contributed by atoms with Gasteiger partial charge in [0.2, 0.25) is 0 Å². The topological polar surface area (TPSA) is 81.9 Å². The molecule has 1 amide bonds. The lowest BCUT2D eigenvalue weighted by molar-refractivity contribution is -0.131. The number of hydrogen-bond donors (Lipinski definition) is 1. The Labute approximate surface area is 187 Å². The van der Waals surface area contributed by atoms with Crippen molar-refractivity contribution >= 4 is 28.4 Å². The summed E-state index contributed by atoms with van der Waals surface area (Å²) in [6.45, 7) is 1.78. The van der Waals surface area contributed by atoms with Crippen LogP contribution in [0.25, 0.3) is 16.6 Å². The highest BCUT2D eigenvalue weighted by atomic mass is 35.5. The Hall–Kier alpha value is -3.59. The van der Waals surface area contributed by atoms with E-state index in [-0.39, 0.29) is 13.2 Å². The Bertz CT molecular complexity index is 1260. The van der Waals surface area contributed by atoms with E-state index in [4.69, 9.17) is 16.3 Å². The second-order valence-corrected chi connectivity index (χ2v) is 7.38. The lowest BCUT2D eigenvalue weighted by atomic mass is 10.1. The molecule has 0 aliphatic carbocycles. The third-order valence-electron chi connectivity index (χ3n) is 4.81. The van der Waals surface area contributed by atoms with E-state index >= 15 is 0 Å². The summed E-state index contributed by atoms with van der Waals surface area (Å²) in [5.41, 5.74) is 3.39. The number of nitrogens with one attached hydrogen (secondary N) is 1. The van der Waals surface area contributed by atoms with Gasteiger partial charge < -0.3 is 14.6 Å². The molecule has 0 saturated heterocycles. The second-order valence-electron chi connectivity index (χ2n) is 6.97. The van der Waals surface area contributed by atoms with Crippen LogP contribution in [0, 0.1) is 6.92 Å². The standard InChI is InChI=1S/C22H18ClF2N5O2/c1-13-7-18(30-6-5-26-12-30)15-3-2-4-19(20(15)29-13)32-11-16-14(8-27-10-17(16)23)9-28-22(31)21(24)25/h2-8,10,12,21H,9,11H2,1H3,(H,28,31). The summed E-state index contributed by atoms with van der Waals surface area (Å²) in [4.78, 5) is 24.0. The maximum Gasteiger partial charge on any atom is 0.315 e. The second kappa shape index (κ2) is 9.27. The number of amides is 1. The van der Waals surface area contributed by atoms with Crippen LogP contribution in [0.2, 0.25) is 5.02 Å². The summed E-state index contributed by atoms with van der Waals surface area (Å²) in [5, 5.41) is 3.33. The molecule has 3 heterocycles. The predicted molar refractivity (Wildman–Crippen MR) is 115 cm³/mol. The van der Waals surface area contributed by atoms with Crippen LogP contribution in [0.5, 0.6) is 5.75 Å². The number of para-hydroxylation sites is 1. The van der Waals surface area contributed by atoms with Crippen molar-refractivity contribution in [1.29, 1.82) is 0 Å². The van der Waals surface area contributed by atoms with E-state index in [0.29, 0.717) is 27.4 Å². The van der Waals surface area contributed by atoms with Crippen LogP contribution in [0.3, 0.4) is 0 Å². The Balaban J connectivity index is 1.64. The number of fused-ring (bicyclic) bond motifs is 1. The summed E-state index contributed by atoms with van der Waals surface area (Å²) >= 11 is 6.28. The van der Waals surface area contributed by atoms with E-state index in [1.54, 1.807) is 18.6 Å². The van der Waals surface area contributed by atoms with Gasteiger partial charge in [0, 0.05) is 48.0 Å². The van der Waals surface area contributed by atoms with Gasteiger partial charge >= 0.3 is 6.43 Å². The molecule has 3 aromatic heterocycles. The molecule has 4 aromatic rings. The maximum absolute atomic E-state index is 12.5. The van der Waals surface area contributed by atoms with E-state index in [2.05, 4.69) is 20.3 Å². The highest BCUT2D eigenvalue weighted by molar-refractivity contribution is 6.31. The van der Waals surface area contributed by atoms with Gasteiger partial charge in [0.1, 0.15) is 17.9 Å². The van der Waals surface area contributed by atoms with Crippen LogP contribution in [0.1, 0.15) is 16.8 Å². The van der Waals surface area contributed by atoms with Crippen molar-refractivity contribution < 1.29 is 18.3 Å². The third kappa shape index (κ3) is 4.52. The van der Waals surface area contributed by atoms with E-state index in [1.807, 2.05) is 35.9 Å². The number of carbonyl (C=O) groups excluding carboxylic acids is 1. The fourth-order valence-corrected chi connectivity index (χ4v) is 3.52. The molecule has 0 fully saturated rings. The molecule has 1 aromatic carbocycles. The van der Waals surface area contributed by atoms with Gasteiger partial charge in [-0.15, -0.1) is 0 Å². The minimum atomic E-state index is -3.10. The van der Waals surface area contributed by atoms with Crippen LogP contribution < -0.4 is 10.1 Å². The maximum atomic E-state index is 12.5. The van der Waals surface area contributed by atoms with Gasteiger partial charge in [-0.1, -0.05) is 23.7 Å². The zero-order valence-electron chi connectivity index (χ0n) is 16.9. The quantitative estimate of drug-likeness (QED) is 0.449. The number of pyridine rings is 2. The molecule has 0 unspecified atom stereocenters. The van der Waals surface area contributed by atoms with Crippen molar-refractivity contribution in [3.63, 3.8) is 0 Å². The average Bonchev–Trinajstić information content (AvgIpc) is 3.31. The van der Waals surface area contributed by atoms with Gasteiger partial charge in [-0.3, -0.25) is 9.78 Å². The van der Waals surface area contributed by atoms with Gasteiger partial charge in [-0.2, -0.15) is 8.78 Å². The minimum absolute atomic E-state index is 0.0381. The summed E-state index contributed by atoms with van der Waals surface area (Å²) in [7, 11) is 0. The number of alkyl halides is 2. The van der Waals surface area contributed by atoms with Crippen LogP contribution in [-0.4, -0.2) is 31.9 Å². The molecule has 7 nitrogen and oxygen atoms in total. The predicted octanol–water partition coefficient (Wildman–Crippen LogP) is 4.24. The van der Waals surface area contributed by atoms with Gasteiger partial charge in [-0.25, -0.2) is 9.97 Å². The zero-order chi connectivity index (χ0) is 22.7. The number of imidazole rings is 1. The molecular formula is C22H18ClF2N5O2. The summed E-state index contributed by atoms with van der Waals surface area (Å²) in [5.74, 6) is -0.833. The first-order valence-corrected chi connectivity index (χ1v) is 10.0. The number of carbonyl (C=O) groups is 1. The Morgan fingerprint density at radius 2 is 2.12 bits per heavy atom. The monoisotopic (exact) mass is 457 g/mol. The molecule has 0 atom stereocenters. The van der Waals surface area contributed by atoms with Gasteiger partial charge in [0.05, 0.1) is 17.0 Å². The lowest BCUT2D eigenvalue weighted by Crippen LogP contribution is -2.29. The molecule has 0 radical (unpaired) electrons. The van der Waals surface area contributed by atoms with Crippen LogP contribution >= 0.6 is 11.6 Å². The molecule has 164 valence electrons. The number of aryl methyl sites for hydroxylation is 1. The first-order chi connectivity index (χ1) is 15.4. The largest absolute Gasteiger partial charge is 0.487 e. The number of aromatic nitrogens is 4. The zero-order valence-corrected chi connectivity index (χ0v) is 17.7. The SMILES string of the molecule is Cc1cc(-n2ccnc2)c2cccc(OCc3c(Cl)cncc3CNC(=O)C(F)F)c2n1. The fraction of sp³-hybridized carbons (Fsp3) is 0.182.